The fourth-order valence-corrected chi connectivity index (χ4v) is 3.17. The van der Waals surface area contributed by atoms with Crippen molar-refractivity contribution in [3.63, 3.8) is 0 Å². The smallest absolute Gasteiger partial charge is 0.188 e. The lowest BCUT2D eigenvalue weighted by molar-refractivity contribution is 0.270. The molecule has 1 aliphatic heterocycles. The van der Waals surface area contributed by atoms with Crippen molar-refractivity contribution in [1.82, 2.24) is 15.2 Å². The van der Waals surface area contributed by atoms with Crippen LogP contribution in [0.2, 0.25) is 0 Å². The van der Waals surface area contributed by atoms with E-state index in [9.17, 15) is 0 Å². The zero-order valence-electron chi connectivity index (χ0n) is 15.2. The molecule has 7 heteroatoms. The number of nitrogens with two attached hydrogens (primary N) is 1. The minimum atomic E-state index is 0. The molecule has 1 aliphatic carbocycles. The van der Waals surface area contributed by atoms with E-state index in [1.807, 2.05) is 6.20 Å². The average Bonchev–Trinajstić information content (AvgIpc) is 2.59. The zero-order valence-corrected chi connectivity index (χ0v) is 17.5. The number of guanidine groups is 1. The molecule has 0 atom stereocenters. The molecule has 1 aromatic rings. The van der Waals surface area contributed by atoms with Gasteiger partial charge < -0.3 is 20.9 Å². The Balaban J connectivity index is 0.00000225. The van der Waals surface area contributed by atoms with Gasteiger partial charge in [-0.25, -0.2) is 9.98 Å². The van der Waals surface area contributed by atoms with E-state index in [0.717, 1.165) is 56.6 Å². The van der Waals surface area contributed by atoms with E-state index >= 15 is 0 Å². The molecule has 1 saturated heterocycles. The van der Waals surface area contributed by atoms with Gasteiger partial charge >= 0.3 is 0 Å². The SMILES string of the molecule is CCN1CCN(c2ccc(CN=C(N)NCC3CCC3)cn2)CC1.I. The highest BCUT2D eigenvalue weighted by molar-refractivity contribution is 14.0. The summed E-state index contributed by atoms with van der Waals surface area (Å²) in [5.74, 6) is 2.39. The van der Waals surface area contributed by atoms with E-state index in [1.54, 1.807) is 0 Å². The lowest BCUT2D eigenvalue weighted by Gasteiger charge is -2.34. The van der Waals surface area contributed by atoms with Crippen LogP contribution in [-0.2, 0) is 6.54 Å². The second kappa shape index (κ2) is 10.2. The van der Waals surface area contributed by atoms with Gasteiger partial charge in [0.2, 0.25) is 0 Å². The highest BCUT2D eigenvalue weighted by atomic mass is 127. The summed E-state index contributed by atoms with van der Waals surface area (Å²) in [5.41, 5.74) is 7.02. The van der Waals surface area contributed by atoms with Gasteiger partial charge in [-0.3, -0.25) is 0 Å². The third kappa shape index (κ3) is 5.99. The van der Waals surface area contributed by atoms with Crippen LogP contribution < -0.4 is 16.0 Å². The van der Waals surface area contributed by atoms with Crippen molar-refractivity contribution in [3.05, 3.63) is 23.9 Å². The Bertz CT molecular complexity index is 535. The summed E-state index contributed by atoms with van der Waals surface area (Å²) in [7, 11) is 0. The predicted molar refractivity (Wildman–Crippen MR) is 115 cm³/mol. The third-order valence-corrected chi connectivity index (χ3v) is 5.18. The van der Waals surface area contributed by atoms with Crippen LogP contribution in [0.4, 0.5) is 5.82 Å². The lowest BCUT2D eigenvalue weighted by atomic mass is 9.85. The number of aliphatic imine (C=N–C) groups is 1. The van der Waals surface area contributed by atoms with Gasteiger partial charge in [0.15, 0.2) is 5.96 Å². The molecular formula is C18H31IN6. The van der Waals surface area contributed by atoms with Gasteiger partial charge in [0.25, 0.3) is 0 Å². The van der Waals surface area contributed by atoms with Crippen molar-refractivity contribution >= 4 is 35.8 Å². The average molecular weight is 458 g/mol. The Morgan fingerprint density at radius 3 is 2.60 bits per heavy atom. The second-order valence-electron chi connectivity index (χ2n) is 6.83. The van der Waals surface area contributed by atoms with Gasteiger partial charge in [0, 0.05) is 38.9 Å². The number of nitrogens with one attached hydrogen (secondary N) is 1. The molecular weight excluding hydrogens is 427 g/mol. The van der Waals surface area contributed by atoms with Crippen LogP contribution in [0.5, 0.6) is 0 Å². The second-order valence-corrected chi connectivity index (χ2v) is 6.83. The quantitative estimate of drug-likeness (QED) is 0.388. The van der Waals surface area contributed by atoms with E-state index in [-0.39, 0.29) is 24.0 Å². The monoisotopic (exact) mass is 458 g/mol. The molecule has 0 radical (unpaired) electrons. The number of nitrogens with zero attached hydrogens (tertiary/aromatic N) is 4. The molecule has 0 unspecified atom stereocenters. The van der Waals surface area contributed by atoms with Crippen LogP contribution in [0.15, 0.2) is 23.3 Å². The first-order valence-electron chi connectivity index (χ1n) is 9.20. The normalized spacial score (nSPS) is 19.2. The number of rotatable bonds is 6. The van der Waals surface area contributed by atoms with E-state index in [2.05, 4.69) is 44.1 Å². The molecule has 6 nitrogen and oxygen atoms in total. The first-order chi connectivity index (χ1) is 11.7. The van der Waals surface area contributed by atoms with Crippen molar-refractivity contribution in [2.24, 2.45) is 16.6 Å². The summed E-state index contributed by atoms with van der Waals surface area (Å²) in [6.45, 7) is 9.23. The van der Waals surface area contributed by atoms with Crippen LogP contribution in [0.1, 0.15) is 31.7 Å². The molecule has 2 heterocycles. The summed E-state index contributed by atoms with van der Waals surface area (Å²) in [6, 6.07) is 4.21. The Kier molecular flexibility index (Phi) is 8.21. The maximum Gasteiger partial charge on any atom is 0.188 e. The minimum absolute atomic E-state index is 0. The zero-order chi connectivity index (χ0) is 16.8. The van der Waals surface area contributed by atoms with E-state index in [1.165, 1.54) is 19.3 Å². The van der Waals surface area contributed by atoms with Gasteiger partial charge in [-0.1, -0.05) is 19.4 Å². The molecule has 1 aromatic heterocycles. The first-order valence-corrected chi connectivity index (χ1v) is 9.20. The van der Waals surface area contributed by atoms with Crippen LogP contribution in [0, 0.1) is 5.92 Å². The summed E-state index contributed by atoms with van der Waals surface area (Å²) < 4.78 is 0. The number of pyridine rings is 1. The standard InChI is InChI=1S/C18H30N6.HI/c1-2-23-8-10-24(11-9-23)17-7-6-16(13-20-17)14-22-18(19)21-12-15-4-3-5-15;/h6-7,13,15H,2-5,8-12,14H2,1H3,(H3,19,21,22);1H. The minimum Gasteiger partial charge on any atom is -0.370 e. The van der Waals surface area contributed by atoms with Crippen molar-refractivity contribution < 1.29 is 0 Å². The first kappa shape index (κ1) is 20.2. The van der Waals surface area contributed by atoms with Gasteiger partial charge in [-0.2, -0.15) is 0 Å². The number of hydrogen-bond acceptors (Lipinski definition) is 4. The molecule has 1 saturated carbocycles. The molecule has 3 N–H and O–H groups in total. The molecule has 0 bridgehead atoms. The fourth-order valence-electron chi connectivity index (χ4n) is 3.17. The summed E-state index contributed by atoms with van der Waals surface area (Å²) >= 11 is 0. The largest absolute Gasteiger partial charge is 0.370 e. The van der Waals surface area contributed by atoms with Gasteiger partial charge in [-0.05, 0) is 36.9 Å². The molecule has 2 fully saturated rings. The van der Waals surface area contributed by atoms with Crippen molar-refractivity contribution in [1.29, 1.82) is 0 Å². The number of aromatic nitrogens is 1. The predicted octanol–water partition coefficient (Wildman–Crippen LogP) is 2.05. The van der Waals surface area contributed by atoms with E-state index in [4.69, 9.17) is 5.73 Å². The molecule has 140 valence electrons. The number of hydrogen-bond donors (Lipinski definition) is 2. The molecule has 0 aromatic carbocycles. The van der Waals surface area contributed by atoms with Crippen molar-refractivity contribution in [2.45, 2.75) is 32.7 Å². The fraction of sp³-hybridized carbons (Fsp3) is 0.667. The van der Waals surface area contributed by atoms with Gasteiger partial charge in [-0.15, -0.1) is 24.0 Å². The third-order valence-electron chi connectivity index (χ3n) is 5.18. The Labute approximate surface area is 168 Å². The number of piperazine rings is 1. The number of likely N-dealkylation sites (N-methyl/N-ethyl adjacent to an activating group) is 1. The summed E-state index contributed by atoms with van der Waals surface area (Å²) in [6.07, 6.45) is 5.91. The molecule has 25 heavy (non-hydrogen) atoms. The van der Waals surface area contributed by atoms with E-state index < -0.39 is 0 Å². The maximum atomic E-state index is 5.93. The lowest BCUT2D eigenvalue weighted by Crippen LogP contribution is -2.46. The Morgan fingerprint density at radius 1 is 1.28 bits per heavy atom. The number of halogens is 1. The molecule has 0 spiro atoms. The Hall–Kier alpha value is -1.09. The highest BCUT2D eigenvalue weighted by Crippen LogP contribution is 2.25. The van der Waals surface area contributed by atoms with Crippen LogP contribution >= 0.6 is 24.0 Å². The van der Waals surface area contributed by atoms with Gasteiger partial charge in [0.1, 0.15) is 5.82 Å². The summed E-state index contributed by atoms with van der Waals surface area (Å²) in [5, 5.41) is 3.22. The molecule has 3 rings (SSSR count). The van der Waals surface area contributed by atoms with Crippen LogP contribution in [0.25, 0.3) is 0 Å². The van der Waals surface area contributed by atoms with Crippen LogP contribution in [-0.4, -0.2) is 55.1 Å². The topological polar surface area (TPSA) is 69.8 Å². The molecule has 2 aliphatic rings. The molecule has 0 amide bonds. The van der Waals surface area contributed by atoms with Crippen molar-refractivity contribution in [2.75, 3.05) is 44.2 Å². The summed E-state index contributed by atoms with van der Waals surface area (Å²) in [4.78, 5) is 13.8. The number of anilines is 1. The highest BCUT2D eigenvalue weighted by Gasteiger charge is 2.17. The Morgan fingerprint density at radius 2 is 2.04 bits per heavy atom. The van der Waals surface area contributed by atoms with Gasteiger partial charge in [0.05, 0.1) is 6.54 Å². The maximum absolute atomic E-state index is 5.93. The van der Waals surface area contributed by atoms with Crippen LogP contribution in [0.3, 0.4) is 0 Å². The van der Waals surface area contributed by atoms with E-state index in [0.29, 0.717) is 12.5 Å². The van der Waals surface area contributed by atoms with Crippen molar-refractivity contribution in [3.8, 4) is 0 Å².